The molecule has 6 rings (SSSR count). The van der Waals surface area contributed by atoms with Crippen molar-refractivity contribution in [1.29, 1.82) is 0 Å². The Morgan fingerprint density at radius 2 is 1.82 bits per heavy atom. The Bertz CT molecular complexity index is 2140. The molecule has 1 aliphatic rings. The molecule has 0 saturated carbocycles. The highest BCUT2D eigenvalue weighted by molar-refractivity contribution is 6.00. The van der Waals surface area contributed by atoms with E-state index in [0.29, 0.717) is 22.9 Å². The number of aromatic nitrogens is 3. The van der Waals surface area contributed by atoms with Gasteiger partial charge >= 0.3 is 12.7 Å². The SMILES string of the molecule is COc1cc(C(=O)NC[C@@](O)(c2ccccc2)c2cc3c(c(-c4cc(C(F)(F)F)ccc4F)n2)OC[C@]3(C)C(N)=O)cc2cn(C(F)F)nc12. The lowest BCUT2D eigenvalue weighted by molar-refractivity contribution is -0.137. The monoisotopic (exact) mass is 699 g/mol. The highest BCUT2D eigenvalue weighted by atomic mass is 19.4. The van der Waals surface area contributed by atoms with Crippen molar-refractivity contribution in [2.45, 2.75) is 30.7 Å². The van der Waals surface area contributed by atoms with E-state index in [4.69, 9.17) is 15.2 Å². The first kappa shape index (κ1) is 34.2. The van der Waals surface area contributed by atoms with Crippen molar-refractivity contribution in [3.63, 3.8) is 0 Å². The molecule has 260 valence electrons. The van der Waals surface area contributed by atoms with Gasteiger partial charge in [0.25, 0.3) is 5.91 Å². The fourth-order valence-corrected chi connectivity index (χ4v) is 5.74. The number of halogens is 6. The van der Waals surface area contributed by atoms with Gasteiger partial charge in [-0.05, 0) is 48.9 Å². The minimum absolute atomic E-state index is 0.0177. The van der Waals surface area contributed by atoms with Crippen LogP contribution in [0.2, 0.25) is 0 Å². The topological polar surface area (TPSA) is 142 Å². The average Bonchev–Trinajstić information content (AvgIpc) is 3.69. The maximum Gasteiger partial charge on any atom is 0.416 e. The summed E-state index contributed by atoms with van der Waals surface area (Å²) in [5, 5.41) is 19.0. The number of pyridine rings is 1. The summed E-state index contributed by atoms with van der Waals surface area (Å²) in [6.45, 7) is -2.53. The van der Waals surface area contributed by atoms with Crippen LogP contribution in [0.15, 0.2) is 72.9 Å². The van der Waals surface area contributed by atoms with E-state index < -0.39 is 64.7 Å². The number of primary amides is 1. The van der Waals surface area contributed by atoms with Crippen LogP contribution in [-0.2, 0) is 22.0 Å². The van der Waals surface area contributed by atoms with Gasteiger partial charge in [0.05, 0.1) is 24.9 Å². The smallest absolute Gasteiger partial charge is 0.416 e. The van der Waals surface area contributed by atoms with Crippen molar-refractivity contribution in [3.8, 4) is 22.8 Å². The van der Waals surface area contributed by atoms with Crippen LogP contribution in [0.5, 0.6) is 11.5 Å². The van der Waals surface area contributed by atoms with Gasteiger partial charge in [0, 0.05) is 28.3 Å². The second-order valence-electron chi connectivity index (χ2n) is 11.8. The number of fused-ring (bicyclic) bond motifs is 2. The van der Waals surface area contributed by atoms with E-state index >= 15 is 4.39 Å². The Kier molecular flexibility index (Phi) is 8.46. The van der Waals surface area contributed by atoms with E-state index in [1.165, 1.54) is 44.4 Å². The van der Waals surface area contributed by atoms with Crippen LogP contribution in [-0.4, -0.2) is 51.9 Å². The molecule has 3 heterocycles. The standard InChI is InChI=1S/C34H27F6N5O5/c1-32(30(41)47)16-50-28-22(32)13-25(43-27(28)21-12-20(34(38,39)40)8-9-23(21)35)33(48,19-6-4-3-5-7-19)15-42-29(46)17-10-18-14-45(31(36)37)44-26(18)24(11-17)49-2/h3-14,31,48H,15-16H2,1-2H3,(H2,41,47)(H,42,46)/t32-,33+/m0/s1. The van der Waals surface area contributed by atoms with Crippen LogP contribution in [0.3, 0.4) is 0 Å². The first-order chi connectivity index (χ1) is 23.6. The van der Waals surface area contributed by atoms with Crippen molar-refractivity contribution < 1.29 is 50.5 Å². The summed E-state index contributed by atoms with van der Waals surface area (Å²) < 4.78 is 94.6. The molecule has 10 nitrogen and oxygen atoms in total. The molecular formula is C34H27F6N5O5. The molecular weight excluding hydrogens is 672 g/mol. The molecule has 2 amide bonds. The number of nitrogens with two attached hydrogens (primary N) is 1. The minimum Gasteiger partial charge on any atom is -0.494 e. The zero-order chi connectivity index (χ0) is 36.2. The van der Waals surface area contributed by atoms with Crippen LogP contribution >= 0.6 is 0 Å². The number of hydrogen-bond donors (Lipinski definition) is 3. The maximum atomic E-state index is 15.3. The van der Waals surface area contributed by atoms with Gasteiger partial charge in [-0.25, -0.2) is 14.1 Å². The zero-order valence-electron chi connectivity index (χ0n) is 26.2. The predicted molar refractivity (Wildman–Crippen MR) is 166 cm³/mol. The van der Waals surface area contributed by atoms with E-state index in [1.54, 1.807) is 18.2 Å². The van der Waals surface area contributed by atoms with Gasteiger partial charge in [0.1, 0.15) is 46.1 Å². The molecule has 0 radical (unpaired) electrons. The fraction of sp³-hybridized carbons (Fsp3) is 0.235. The first-order valence-corrected chi connectivity index (χ1v) is 14.8. The van der Waals surface area contributed by atoms with Crippen molar-refractivity contribution in [2.24, 2.45) is 5.73 Å². The van der Waals surface area contributed by atoms with Crippen LogP contribution in [0.4, 0.5) is 26.3 Å². The molecule has 0 unspecified atom stereocenters. The second kappa shape index (κ2) is 12.4. The number of hydrogen-bond acceptors (Lipinski definition) is 7. The Hall–Kier alpha value is -5.64. The summed E-state index contributed by atoms with van der Waals surface area (Å²) >= 11 is 0. The molecule has 4 N–H and O–H groups in total. The summed E-state index contributed by atoms with van der Waals surface area (Å²) in [6, 6.07) is 13.3. The maximum absolute atomic E-state index is 15.3. The summed E-state index contributed by atoms with van der Waals surface area (Å²) in [6.07, 6.45) is -3.83. The first-order valence-electron chi connectivity index (χ1n) is 14.8. The van der Waals surface area contributed by atoms with Gasteiger partial charge < -0.3 is 25.6 Å². The van der Waals surface area contributed by atoms with Gasteiger partial charge in [0.15, 0.2) is 0 Å². The van der Waals surface area contributed by atoms with Gasteiger partial charge in [-0.2, -0.15) is 27.1 Å². The van der Waals surface area contributed by atoms with Crippen LogP contribution < -0.4 is 20.5 Å². The van der Waals surface area contributed by atoms with E-state index in [-0.39, 0.29) is 51.4 Å². The Morgan fingerprint density at radius 3 is 2.46 bits per heavy atom. The van der Waals surface area contributed by atoms with E-state index in [9.17, 15) is 36.6 Å². The molecule has 0 bridgehead atoms. The Morgan fingerprint density at radius 1 is 1.10 bits per heavy atom. The molecule has 5 aromatic rings. The Labute approximate surface area is 279 Å². The van der Waals surface area contributed by atoms with Crippen molar-refractivity contribution in [1.82, 2.24) is 20.1 Å². The number of carbonyl (C=O) groups excluding carboxylic acids is 2. The van der Waals surface area contributed by atoms with Gasteiger partial charge in [-0.15, -0.1) is 0 Å². The fourth-order valence-electron chi connectivity index (χ4n) is 5.74. The number of methoxy groups -OCH3 is 1. The number of amides is 2. The summed E-state index contributed by atoms with van der Waals surface area (Å²) in [5.41, 5.74) is -0.495. The van der Waals surface area contributed by atoms with Crippen LogP contribution in [0.25, 0.3) is 22.2 Å². The number of carbonyl (C=O) groups is 2. The third kappa shape index (κ3) is 5.84. The molecule has 0 aliphatic carbocycles. The van der Waals surface area contributed by atoms with Crippen molar-refractivity contribution in [2.75, 3.05) is 20.3 Å². The number of ether oxygens (including phenoxy) is 2. The normalized spacial score (nSPS) is 16.9. The minimum atomic E-state index is -4.86. The lowest BCUT2D eigenvalue weighted by atomic mass is 9.80. The highest BCUT2D eigenvalue weighted by Crippen LogP contribution is 2.47. The number of alkyl halides is 5. The number of aliphatic hydroxyl groups is 1. The van der Waals surface area contributed by atoms with Crippen LogP contribution in [0.1, 0.15) is 46.2 Å². The number of nitrogens with one attached hydrogen (secondary N) is 1. The third-order valence-electron chi connectivity index (χ3n) is 8.62. The Balaban J connectivity index is 1.49. The molecule has 2 atom stereocenters. The molecule has 0 spiro atoms. The van der Waals surface area contributed by atoms with E-state index in [1.807, 2.05) is 0 Å². The second-order valence-corrected chi connectivity index (χ2v) is 11.8. The average molecular weight is 700 g/mol. The molecule has 50 heavy (non-hydrogen) atoms. The lowest BCUT2D eigenvalue weighted by Gasteiger charge is -2.30. The number of rotatable bonds is 9. The van der Waals surface area contributed by atoms with Crippen LogP contribution in [0, 0.1) is 5.82 Å². The molecule has 0 fully saturated rings. The van der Waals surface area contributed by atoms with Crippen molar-refractivity contribution in [3.05, 3.63) is 107 Å². The summed E-state index contributed by atoms with van der Waals surface area (Å²) in [5.74, 6) is -2.96. The zero-order valence-corrected chi connectivity index (χ0v) is 26.2. The van der Waals surface area contributed by atoms with E-state index in [2.05, 4.69) is 15.4 Å². The number of nitrogens with zero attached hydrogens (tertiary/aromatic N) is 3. The van der Waals surface area contributed by atoms with Gasteiger partial charge in [-0.1, -0.05) is 30.3 Å². The largest absolute Gasteiger partial charge is 0.494 e. The number of benzene rings is 3. The van der Waals surface area contributed by atoms with Gasteiger partial charge in [-0.3, -0.25) is 9.59 Å². The lowest BCUT2D eigenvalue weighted by Crippen LogP contribution is -2.43. The third-order valence-corrected chi connectivity index (χ3v) is 8.62. The predicted octanol–water partition coefficient (Wildman–Crippen LogP) is 5.46. The molecule has 16 heteroatoms. The van der Waals surface area contributed by atoms with Gasteiger partial charge in [0.2, 0.25) is 5.91 Å². The summed E-state index contributed by atoms with van der Waals surface area (Å²) in [4.78, 5) is 30.7. The molecule has 3 aromatic carbocycles. The molecule has 1 aliphatic heterocycles. The van der Waals surface area contributed by atoms with E-state index in [0.717, 1.165) is 6.20 Å². The molecule has 0 saturated heterocycles. The quantitative estimate of drug-likeness (QED) is 0.174. The summed E-state index contributed by atoms with van der Waals surface area (Å²) in [7, 11) is 1.26. The molecule has 2 aromatic heterocycles. The van der Waals surface area contributed by atoms with Crippen molar-refractivity contribution >= 4 is 22.7 Å². The highest BCUT2D eigenvalue weighted by Gasteiger charge is 2.46.